The van der Waals surface area contributed by atoms with Crippen molar-refractivity contribution in [1.82, 2.24) is 0 Å². The minimum atomic E-state index is -0.622. The summed E-state index contributed by atoms with van der Waals surface area (Å²) in [6.45, 7) is 0. The van der Waals surface area contributed by atoms with Gasteiger partial charge in [-0.15, -0.1) is 0 Å². The third-order valence-electron chi connectivity index (χ3n) is 3.76. The molecule has 1 fully saturated rings. The molecule has 0 spiro atoms. The standard InChI is InChI=1S/C17H17FN2O/c18-14-7-9-15(10-8-14)20-16(17(19)21)13-5-3-12(4-6-13)11-1-2-11/h3-11,16,20H,1-2H2,(H2,19,21). The van der Waals surface area contributed by atoms with Gasteiger partial charge >= 0.3 is 0 Å². The van der Waals surface area contributed by atoms with Crippen LogP contribution in [0.3, 0.4) is 0 Å². The first-order chi connectivity index (χ1) is 10.1. The van der Waals surface area contributed by atoms with E-state index >= 15 is 0 Å². The van der Waals surface area contributed by atoms with E-state index in [1.807, 2.05) is 12.1 Å². The first-order valence-corrected chi connectivity index (χ1v) is 7.05. The fourth-order valence-electron chi connectivity index (χ4n) is 2.41. The summed E-state index contributed by atoms with van der Waals surface area (Å²) in [7, 11) is 0. The van der Waals surface area contributed by atoms with Crippen molar-refractivity contribution >= 4 is 11.6 Å². The Hall–Kier alpha value is -2.36. The normalized spacial score (nSPS) is 15.5. The fourth-order valence-corrected chi connectivity index (χ4v) is 2.41. The van der Waals surface area contributed by atoms with Gasteiger partial charge in [0.2, 0.25) is 5.91 Å². The molecular weight excluding hydrogens is 267 g/mol. The van der Waals surface area contributed by atoms with E-state index in [0.717, 1.165) is 5.56 Å². The van der Waals surface area contributed by atoms with Gasteiger partial charge in [0, 0.05) is 5.69 Å². The molecule has 21 heavy (non-hydrogen) atoms. The number of rotatable bonds is 5. The number of carbonyl (C=O) groups is 1. The van der Waals surface area contributed by atoms with E-state index in [9.17, 15) is 9.18 Å². The lowest BCUT2D eigenvalue weighted by Gasteiger charge is -2.17. The number of amides is 1. The molecule has 1 unspecified atom stereocenters. The van der Waals surface area contributed by atoms with Gasteiger partial charge in [-0.25, -0.2) is 4.39 Å². The van der Waals surface area contributed by atoms with Gasteiger partial charge in [0.25, 0.3) is 0 Å². The predicted octanol–water partition coefficient (Wildman–Crippen LogP) is 3.34. The third kappa shape index (κ3) is 3.21. The smallest absolute Gasteiger partial charge is 0.244 e. The number of carbonyl (C=O) groups excluding carboxylic acids is 1. The zero-order valence-corrected chi connectivity index (χ0v) is 11.6. The van der Waals surface area contributed by atoms with Gasteiger partial charge in [0.15, 0.2) is 0 Å². The number of hydrogen-bond donors (Lipinski definition) is 2. The van der Waals surface area contributed by atoms with Crippen LogP contribution in [0.2, 0.25) is 0 Å². The van der Waals surface area contributed by atoms with Crippen LogP contribution in [0.25, 0.3) is 0 Å². The Morgan fingerprint density at radius 2 is 1.71 bits per heavy atom. The lowest BCUT2D eigenvalue weighted by Crippen LogP contribution is -2.27. The van der Waals surface area contributed by atoms with Crippen LogP contribution in [0.5, 0.6) is 0 Å². The largest absolute Gasteiger partial charge is 0.370 e. The van der Waals surface area contributed by atoms with Crippen molar-refractivity contribution in [3.8, 4) is 0 Å². The lowest BCUT2D eigenvalue weighted by atomic mass is 10.0. The summed E-state index contributed by atoms with van der Waals surface area (Å²) in [5, 5.41) is 3.05. The van der Waals surface area contributed by atoms with Crippen LogP contribution in [0, 0.1) is 5.82 Å². The number of nitrogens with two attached hydrogens (primary N) is 1. The molecule has 1 aliphatic carbocycles. The average molecular weight is 284 g/mol. The first-order valence-electron chi connectivity index (χ1n) is 7.05. The summed E-state index contributed by atoms with van der Waals surface area (Å²) in [4.78, 5) is 11.7. The Labute approximate surface area is 123 Å². The monoisotopic (exact) mass is 284 g/mol. The molecule has 2 aromatic rings. The molecule has 1 saturated carbocycles. The second kappa shape index (κ2) is 5.56. The molecule has 0 bridgehead atoms. The zero-order chi connectivity index (χ0) is 14.8. The van der Waals surface area contributed by atoms with Crippen LogP contribution in [-0.4, -0.2) is 5.91 Å². The van der Waals surface area contributed by atoms with Crippen LogP contribution < -0.4 is 11.1 Å². The molecule has 4 heteroatoms. The van der Waals surface area contributed by atoms with E-state index in [1.54, 1.807) is 12.1 Å². The van der Waals surface area contributed by atoms with Crippen LogP contribution >= 0.6 is 0 Å². The molecule has 2 aromatic carbocycles. The van der Waals surface area contributed by atoms with Crippen molar-refractivity contribution in [3.63, 3.8) is 0 Å². The maximum absolute atomic E-state index is 12.9. The number of primary amides is 1. The van der Waals surface area contributed by atoms with Crippen LogP contribution in [0.1, 0.15) is 35.9 Å². The highest BCUT2D eigenvalue weighted by Gasteiger charge is 2.24. The van der Waals surface area contributed by atoms with E-state index in [0.29, 0.717) is 11.6 Å². The molecular formula is C17H17FN2O. The maximum atomic E-state index is 12.9. The topological polar surface area (TPSA) is 55.1 Å². The van der Waals surface area contributed by atoms with E-state index in [-0.39, 0.29) is 5.82 Å². The SMILES string of the molecule is NC(=O)C(Nc1ccc(F)cc1)c1ccc(C2CC2)cc1. The summed E-state index contributed by atoms with van der Waals surface area (Å²) in [5.41, 5.74) is 8.26. The molecule has 108 valence electrons. The van der Waals surface area contributed by atoms with Gasteiger partial charge in [0.1, 0.15) is 11.9 Å². The molecule has 3 nitrogen and oxygen atoms in total. The molecule has 1 atom stereocenters. The van der Waals surface area contributed by atoms with Crippen molar-refractivity contribution < 1.29 is 9.18 Å². The highest BCUT2D eigenvalue weighted by Crippen LogP contribution is 2.40. The Morgan fingerprint density at radius 3 is 2.24 bits per heavy atom. The molecule has 1 amide bonds. The predicted molar refractivity (Wildman–Crippen MR) is 80.4 cm³/mol. The molecule has 1 aliphatic rings. The van der Waals surface area contributed by atoms with Gasteiger partial charge in [-0.1, -0.05) is 24.3 Å². The van der Waals surface area contributed by atoms with E-state index < -0.39 is 11.9 Å². The summed E-state index contributed by atoms with van der Waals surface area (Å²) in [5.74, 6) is -0.0976. The summed E-state index contributed by atoms with van der Waals surface area (Å²) < 4.78 is 12.9. The first kappa shape index (κ1) is 13.6. The average Bonchev–Trinajstić information content (AvgIpc) is 3.31. The summed E-state index contributed by atoms with van der Waals surface area (Å²) >= 11 is 0. The number of halogens is 1. The van der Waals surface area contributed by atoms with E-state index in [2.05, 4.69) is 17.4 Å². The molecule has 0 radical (unpaired) electrons. The van der Waals surface area contributed by atoms with Gasteiger partial charge in [-0.2, -0.15) is 0 Å². The van der Waals surface area contributed by atoms with Crippen molar-refractivity contribution in [3.05, 3.63) is 65.5 Å². The van der Waals surface area contributed by atoms with Crippen LogP contribution in [0.15, 0.2) is 48.5 Å². The number of hydrogen-bond acceptors (Lipinski definition) is 2. The molecule has 3 rings (SSSR count). The lowest BCUT2D eigenvalue weighted by molar-refractivity contribution is -0.118. The second-order valence-corrected chi connectivity index (χ2v) is 5.43. The highest BCUT2D eigenvalue weighted by molar-refractivity contribution is 5.84. The van der Waals surface area contributed by atoms with E-state index in [4.69, 9.17) is 5.73 Å². The number of benzene rings is 2. The maximum Gasteiger partial charge on any atom is 0.244 e. The van der Waals surface area contributed by atoms with Gasteiger partial charge in [0.05, 0.1) is 0 Å². The van der Waals surface area contributed by atoms with Gasteiger partial charge < -0.3 is 11.1 Å². The third-order valence-corrected chi connectivity index (χ3v) is 3.76. The Balaban J connectivity index is 1.79. The van der Waals surface area contributed by atoms with Crippen LogP contribution in [-0.2, 0) is 4.79 Å². The molecule has 0 saturated heterocycles. The van der Waals surface area contributed by atoms with Crippen molar-refractivity contribution in [1.29, 1.82) is 0 Å². The minimum Gasteiger partial charge on any atom is -0.370 e. The molecule has 3 N–H and O–H groups in total. The highest BCUT2D eigenvalue weighted by atomic mass is 19.1. The summed E-state index contributed by atoms with van der Waals surface area (Å²) in [6.07, 6.45) is 2.48. The van der Waals surface area contributed by atoms with Crippen LogP contribution in [0.4, 0.5) is 10.1 Å². The fraction of sp³-hybridized carbons (Fsp3) is 0.235. The molecule has 0 aliphatic heterocycles. The minimum absolute atomic E-state index is 0.315. The number of anilines is 1. The van der Waals surface area contributed by atoms with Gasteiger partial charge in [-0.05, 0) is 54.2 Å². The molecule has 0 heterocycles. The Bertz CT molecular complexity index is 633. The van der Waals surface area contributed by atoms with Crippen molar-refractivity contribution in [2.24, 2.45) is 5.73 Å². The quantitative estimate of drug-likeness (QED) is 0.884. The van der Waals surface area contributed by atoms with Crippen molar-refractivity contribution in [2.45, 2.75) is 24.8 Å². The van der Waals surface area contributed by atoms with E-state index in [1.165, 1.54) is 30.5 Å². The summed E-state index contributed by atoms with van der Waals surface area (Å²) in [6, 6.07) is 13.2. The van der Waals surface area contributed by atoms with Gasteiger partial charge in [-0.3, -0.25) is 4.79 Å². The Kier molecular flexibility index (Phi) is 3.60. The van der Waals surface area contributed by atoms with Crippen molar-refractivity contribution in [2.75, 3.05) is 5.32 Å². The Morgan fingerprint density at radius 1 is 1.10 bits per heavy atom. The number of nitrogens with one attached hydrogen (secondary N) is 1. The zero-order valence-electron chi connectivity index (χ0n) is 11.6. The molecule has 0 aromatic heterocycles. The second-order valence-electron chi connectivity index (χ2n) is 5.43.